The first-order chi connectivity index (χ1) is 8.70. The Bertz CT molecular complexity index is 270. The zero-order chi connectivity index (χ0) is 12.5. The van der Waals surface area contributed by atoms with Crippen LogP contribution in [0.2, 0.25) is 0 Å². The first kappa shape index (κ1) is 12.9. The Labute approximate surface area is 110 Å². The SMILES string of the molecule is OC1(CNC2CCC3(CCCC3)CC2)CCOC1. The lowest BCUT2D eigenvalue weighted by molar-refractivity contribution is 0.0219. The smallest absolute Gasteiger partial charge is 0.102 e. The summed E-state index contributed by atoms with van der Waals surface area (Å²) in [5.41, 5.74) is 0.119. The van der Waals surface area contributed by atoms with Gasteiger partial charge in [-0.1, -0.05) is 12.8 Å². The molecule has 104 valence electrons. The van der Waals surface area contributed by atoms with E-state index in [0.29, 0.717) is 31.2 Å². The highest BCUT2D eigenvalue weighted by atomic mass is 16.5. The predicted molar refractivity (Wildman–Crippen MR) is 71.5 cm³/mol. The molecule has 0 radical (unpaired) electrons. The summed E-state index contributed by atoms with van der Waals surface area (Å²) in [4.78, 5) is 0. The molecule has 1 atom stereocenters. The highest BCUT2D eigenvalue weighted by Gasteiger charge is 2.38. The molecule has 3 rings (SSSR count). The molecule has 0 bridgehead atoms. The van der Waals surface area contributed by atoms with E-state index in [-0.39, 0.29) is 0 Å². The molecule has 0 aromatic carbocycles. The van der Waals surface area contributed by atoms with Gasteiger partial charge in [-0.05, 0) is 43.9 Å². The Balaban J connectivity index is 1.43. The van der Waals surface area contributed by atoms with E-state index in [9.17, 15) is 5.11 Å². The van der Waals surface area contributed by atoms with Gasteiger partial charge in [-0.15, -0.1) is 0 Å². The summed E-state index contributed by atoms with van der Waals surface area (Å²) < 4.78 is 5.29. The second-order valence-corrected chi connectivity index (χ2v) is 6.89. The average Bonchev–Trinajstić information content (AvgIpc) is 3.00. The van der Waals surface area contributed by atoms with Gasteiger partial charge in [0.15, 0.2) is 0 Å². The van der Waals surface area contributed by atoms with Crippen LogP contribution in [-0.2, 0) is 4.74 Å². The van der Waals surface area contributed by atoms with Crippen LogP contribution in [0.25, 0.3) is 0 Å². The van der Waals surface area contributed by atoms with E-state index in [1.54, 1.807) is 0 Å². The number of hydrogen-bond acceptors (Lipinski definition) is 3. The minimum absolute atomic E-state index is 0.511. The Morgan fingerprint density at radius 3 is 2.39 bits per heavy atom. The van der Waals surface area contributed by atoms with Crippen molar-refractivity contribution < 1.29 is 9.84 Å². The summed E-state index contributed by atoms with van der Waals surface area (Å²) in [5.74, 6) is 0. The van der Waals surface area contributed by atoms with Crippen molar-refractivity contribution >= 4 is 0 Å². The third-order valence-electron chi connectivity index (χ3n) is 5.51. The lowest BCUT2D eigenvalue weighted by atomic mass is 9.71. The van der Waals surface area contributed by atoms with E-state index in [2.05, 4.69) is 5.32 Å². The molecule has 3 heteroatoms. The van der Waals surface area contributed by atoms with Crippen LogP contribution < -0.4 is 5.32 Å². The minimum atomic E-state index is -0.595. The summed E-state index contributed by atoms with van der Waals surface area (Å²) in [6.07, 6.45) is 12.0. The molecule has 0 aromatic rings. The van der Waals surface area contributed by atoms with Crippen molar-refractivity contribution in [1.29, 1.82) is 0 Å². The second-order valence-electron chi connectivity index (χ2n) is 6.89. The fourth-order valence-electron chi connectivity index (χ4n) is 4.13. The zero-order valence-corrected chi connectivity index (χ0v) is 11.4. The number of aliphatic hydroxyl groups is 1. The van der Waals surface area contributed by atoms with Crippen LogP contribution in [0.15, 0.2) is 0 Å². The van der Waals surface area contributed by atoms with Gasteiger partial charge in [0.1, 0.15) is 5.60 Å². The van der Waals surface area contributed by atoms with Gasteiger partial charge in [0, 0.05) is 25.6 Å². The van der Waals surface area contributed by atoms with Crippen LogP contribution in [0.3, 0.4) is 0 Å². The van der Waals surface area contributed by atoms with Gasteiger partial charge in [-0.3, -0.25) is 0 Å². The molecule has 1 saturated heterocycles. The number of hydrogen-bond donors (Lipinski definition) is 2. The Kier molecular flexibility index (Phi) is 3.65. The molecule has 0 aromatic heterocycles. The summed E-state index contributed by atoms with van der Waals surface area (Å²) in [5, 5.41) is 13.8. The molecule has 2 N–H and O–H groups in total. The van der Waals surface area contributed by atoms with E-state index >= 15 is 0 Å². The van der Waals surface area contributed by atoms with Crippen molar-refractivity contribution in [3.8, 4) is 0 Å². The van der Waals surface area contributed by atoms with Gasteiger partial charge in [0.2, 0.25) is 0 Å². The standard InChI is InChI=1S/C15H27NO2/c17-15(9-10-18-12-15)11-16-13-3-7-14(8-4-13)5-1-2-6-14/h13,16-17H,1-12H2. The van der Waals surface area contributed by atoms with Crippen molar-refractivity contribution in [2.24, 2.45) is 5.41 Å². The van der Waals surface area contributed by atoms with Crippen LogP contribution in [0.5, 0.6) is 0 Å². The molecular formula is C15H27NO2. The minimum Gasteiger partial charge on any atom is -0.386 e. The monoisotopic (exact) mass is 253 g/mol. The van der Waals surface area contributed by atoms with Gasteiger partial charge in [-0.2, -0.15) is 0 Å². The number of nitrogens with one attached hydrogen (secondary N) is 1. The van der Waals surface area contributed by atoms with Crippen molar-refractivity contribution in [3.63, 3.8) is 0 Å². The predicted octanol–water partition coefficient (Wildman–Crippen LogP) is 2.23. The van der Waals surface area contributed by atoms with Crippen LogP contribution in [0.1, 0.15) is 57.8 Å². The van der Waals surface area contributed by atoms with Gasteiger partial charge in [-0.25, -0.2) is 0 Å². The Hall–Kier alpha value is -0.120. The third-order valence-corrected chi connectivity index (χ3v) is 5.51. The topological polar surface area (TPSA) is 41.5 Å². The molecule has 1 spiro atoms. The zero-order valence-electron chi connectivity index (χ0n) is 11.4. The molecule has 3 aliphatic rings. The highest BCUT2D eigenvalue weighted by Crippen LogP contribution is 2.48. The first-order valence-corrected chi connectivity index (χ1v) is 7.73. The van der Waals surface area contributed by atoms with E-state index in [1.807, 2.05) is 0 Å². The van der Waals surface area contributed by atoms with Gasteiger partial charge in [0.25, 0.3) is 0 Å². The van der Waals surface area contributed by atoms with E-state index < -0.39 is 5.60 Å². The number of rotatable bonds is 3. The summed E-state index contributed by atoms with van der Waals surface area (Å²) in [6.45, 7) is 1.94. The van der Waals surface area contributed by atoms with Gasteiger partial charge in [0.05, 0.1) is 6.61 Å². The van der Waals surface area contributed by atoms with Crippen molar-refractivity contribution in [1.82, 2.24) is 5.32 Å². The molecule has 18 heavy (non-hydrogen) atoms. The van der Waals surface area contributed by atoms with E-state index in [4.69, 9.17) is 4.74 Å². The van der Waals surface area contributed by atoms with Crippen molar-refractivity contribution in [2.45, 2.75) is 69.4 Å². The second kappa shape index (κ2) is 5.10. The highest BCUT2D eigenvalue weighted by molar-refractivity contribution is 4.93. The summed E-state index contributed by atoms with van der Waals surface area (Å²) in [6, 6.07) is 0.626. The fraction of sp³-hybridized carbons (Fsp3) is 1.00. The molecule has 0 amide bonds. The molecule has 1 heterocycles. The summed E-state index contributed by atoms with van der Waals surface area (Å²) in [7, 11) is 0. The fourth-order valence-corrected chi connectivity index (χ4v) is 4.13. The molecule has 3 fully saturated rings. The van der Waals surface area contributed by atoms with Crippen LogP contribution in [0.4, 0.5) is 0 Å². The molecule has 1 unspecified atom stereocenters. The first-order valence-electron chi connectivity index (χ1n) is 7.73. The van der Waals surface area contributed by atoms with E-state index in [1.165, 1.54) is 51.4 Å². The number of ether oxygens (including phenoxy) is 1. The van der Waals surface area contributed by atoms with Crippen molar-refractivity contribution in [2.75, 3.05) is 19.8 Å². The third kappa shape index (κ3) is 2.73. The lowest BCUT2D eigenvalue weighted by Gasteiger charge is -2.38. The lowest BCUT2D eigenvalue weighted by Crippen LogP contribution is -2.46. The molecule has 1 aliphatic heterocycles. The molecule has 2 aliphatic carbocycles. The maximum atomic E-state index is 10.2. The molecular weight excluding hydrogens is 226 g/mol. The maximum Gasteiger partial charge on any atom is 0.102 e. The van der Waals surface area contributed by atoms with Gasteiger partial charge < -0.3 is 15.2 Å². The van der Waals surface area contributed by atoms with Crippen LogP contribution in [-0.4, -0.2) is 36.5 Å². The van der Waals surface area contributed by atoms with E-state index in [0.717, 1.165) is 6.42 Å². The van der Waals surface area contributed by atoms with Gasteiger partial charge >= 0.3 is 0 Å². The Morgan fingerprint density at radius 2 is 1.78 bits per heavy atom. The summed E-state index contributed by atoms with van der Waals surface area (Å²) >= 11 is 0. The van der Waals surface area contributed by atoms with Crippen LogP contribution >= 0.6 is 0 Å². The quantitative estimate of drug-likeness (QED) is 0.810. The van der Waals surface area contributed by atoms with Crippen molar-refractivity contribution in [3.05, 3.63) is 0 Å². The molecule has 2 saturated carbocycles. The normalized spacial score (nSPS) is 36.5. The average molecular weight is 253 g/mol. The maximum absolute atomic E-state index is 10.2. The van der Waals surface area contributed by atoms with Crippen LogP contribution in [0, 0.1) is 5.41 Å². The molecule has 3 nitrogen and oxygen atoms in total. The largest absolute Gasteiger partial charge is 0.386 e. The Morgan fingerprint density at radius 1 is 1.06 bits per heavy atom.